The van der Waals surface area contributed by atoms with Crippen LogP contribution in [0.15, 0.2) is 102 Å². The summed E-state index contributed by atoms with van der Waals surface area (Å²) >= 11 is 1.71. The molecule has 5 rings (SSSR count). The molecule has 48 heavy (non-hydrogen) atoms. The minimum absolute atomic E-state index is 0.00279. The number of aliphatic hydroxyl groups is 1. The van der Waals surface area contributed by atoms with Crippen molar-refractivity contribution in [1.82, 2.24) is 5.32 Å². The van der Waals surface area contributed by atoms with E-state index in [2.05, 4.69) is 29.6 Å². The third-order valence-corrected chi connectivity index (χ3v) is 9.52. The van der Waals surface area contributed by atoms with Crippen molar-refractivity contribution in [3.05, 3.63) is 119 Å². The maximum absolute atomic E-state index is 12.3. The van der Waals surface area contributed by atoms with Crippen LogP contribution in [0.3, 0.4) is 0 Å². The van der Waals surface area contributed by atoms with E-state index in [-0.39, 0.29) is 31.1 Å². The highest BCUT2D eigenvalue weighted by atomic mass is 32.2. The molecule has 3 atom stereocenters. The van der Waals surface area contributed by atoms with Gasteiger partial charge in [0.05, 0.1) is 25.9 Å². The van der Waals surface area contributed by atoms with E-state index in [1.165, 1.54) is 0 Å². The van der Waals surface area contributed by atoms with Crippen molar-refractivity contribution in [3.8, 4) is 16.9 Å². The molecular formula is C39H43NO7S. The zero-order valence-corrected chi connectivity index (χ0v) is 28.0. The van der Waals surface area contributed by atoms with Crippen molar-refractivity contribution in [1.29, 1.82) is 0 Å². The summed E-state index contributed by atoms with van der Waals surface area (Å²) in [6.45, 7) is 0.426. The maximum Gasteiger partial charge on any atom is 0.303 e. The quantitative estimate of drug-likeness (QED) is 0.0817. The smallest absolute Gasteiger partial charge is 0.303 e. The van der Waals surface area contributed by atoms with Gasteiger partial charge in [0.25, 0.3) is 0 Å². The molecule has 0 saturated carbocycles. The largest absolute Gasteiger partial charge is 0.496 e. The summed E-state index contributed by atoms with van der Waals surface area (Å²) in [4.78, 5) is 24.0. The number of thioether (sulfide) groups is 1. The van der Waals surface area contributed by atoms with Gasteiger partial charge in [-0.2, -0.15) is 0 Å². The predicted octanol–water partition coefficient (Wildman–Crippen LogP) is 7.84. The number of amides is 1. The van der Waals surface area contributed by atoms with Gasteiger partial charge in [-0.25, -0.2) is 0 Å². The van der Waals surface area contributed by atoms with Crippen molar-refractivity contribution in [2.24, 2.45) is 0 Å². The molecule has 0 unspecified atom stereocenters. The molecule has 4 aromatic rings. The van der Waals surface area contributed by atoms with Gasteiger partial charge in [-0.15, -0.1) is 11.8 Å². The highest BCUT2D eigenvalue weighted by molar-refractivity contribution is 7.99. The maximum atomic E-state index is 12.3. The predicted molar refractivity (Wildman–Crippen MR) is 187 cm³/mol. The summed E-state index contributed by atoms with van der Waals surface area (Å²) in [6.07, 6.45) is 2.43. The molecule has 1 amide bonds. The lowest BCUT2D eigenvalue weighted by atomic mass is 9.99. The van der Waals surface area contributed by atoms with E-state index in [4.69, 9.17) is 19.3 Å². The van der Waals surface area contributed by atoms with Crippen LogP contribution in [0.2, 0.25) is 0 Å². The summed E-state index contributed by atoms with van der Waals surface area (Å²) < 4.78 is 18.6. The topological polar surface area (TPSA) is 114 Å². The molecule has 0 radical (unpaired) electrons. The number of methoxy groups -OCH3 is 1. The number of rotatable bonds is 16. The Kier molecular flexibility index (Phi) is 13.1. The van der Waals surface area contributed by atoms with E-state index >= 15 is 0 Å². The Bertz CT molecular complexity index is 1630. The van der Waals surface area contributed by atoms with Gasteiger partial charge in [-0.1, -0.05) is 85.3 Å². The Morgan fingerprint density at radius 3 is 2.33 bits per heavy atom. The lowest BCUT2D eigenvalue weighted by molar-refractivity contribution is -0.245. The molecule has 252 valence electrons. The van der Waals surface area contributed by atoms with Crippen molar-refractivity contribution in [2.75, 3.05) is 12.9 Å². The molecule has 0 spiro atoms. The van der Waals surface area contributed by atoms with E-state index in [0.717, 1.165) is 56.2 Å². The Hall–Kier alpha value is -4.15. The second kappa shape index (κ2) is 17.8. The van der Waals surface area contributed by atoms with E-state index in [9.17, 15) is 14.7 Å². The van der Waals surface area contributed by atoms with Gasteiger partial charge in [0, 0.05) is 42.0 Å². The molecule has 0 aromatic heterocycles. The normalized spacial score (nSPS) is 17.5. The summed E-state index contributed by atoms with van der Waals surface area (Å²) in [7, 11) is 1.68. The minimum atomic E-state index is -0.802. The van der Waals surface area contributed by atoms with Crippen LogP contribution in [0, 0.1) is 0 Å². The van der Waals surface area contributed by atoms with Crippen LogP contribution in [-0.4, -0.2) is 41.1 Å². The zero-order valence-electron chi connectivity index (χ0n) is 27.2. The zero-order chi connectivity index (χ0) is 33.7. The Labute approximate surface area is 286 Å². The Morgan fingerprint density at radius 1 is 0.833 bits per heavy atom. The average Bonchev–Trinajstić information content (AvgIpc) is 3.13. The van der Waals surface area contributed by atoms with E-state index in [1.807, 2.05) is 72.8 Å². The second-order valence-corrected chi connectivity index (χ2v) is 12.9. The van der Waals surface area contributed by atoms with Gasteiger partial charge in [0.2, 0.25) is 5.91 Å². The Morgan fingerprint density at radius 2 is 1.58 bits per heavy atom. The summed E-state index contributed by atoms with van der Waals surface area (Å²) in [5.74, 6) is 0.741. The summed E-state index contributed by atoms with van der Waals surface area (Å²) in [6, 6.07) is 32.2. The molecule has 1 saturated heterocycles. The van der Waals surface area contributed by atoms with Gasteiger partial charge < -0.3 is 29.7 Å². The van der Waals surface area contributed by atoms with Crippen molar-refractivity contribution >= 4 is 23.6 Å². The molecule has 1 aliphatic heterocycles. The number of hydrogen-bond acceptors (Lipinski definition) is 7. The van der Waals surface area contributed by atoms with Crippen LogP contribution in [0.1, 0.15) is 73.2 Å². The molecule has 1 fully saturated rings. The van der Waals surface area contributed by atoms with E-state index < -0.39 is 12.3 Å². The fourth-order valence-electron chi connectivity index (χ4n) is 5.66. The third-order valence-electron chi connectivity index (χ3n) is 8.34. The van der Waals surface area contributed by atoms with Gasteiger partial charge in [-0.3, -0.25) is 9.59 Å². The molecule has 9 heteroatoms. The Balaban J connectivity index is 1.23. The summed E-state index contributed by atoms with van der Waals surface area (Å²) in [5.41, 5.74) is 5.92. The number of carboxylic acid groups (broad SMARTS) is 1. The first-order valence-electron chi connectivity index (χ1n) is 16.4. The van der Waals surface area contributed by atoms with Gasteiger partial charge in [-0.05, 0) is 58.9 Å². The lowest BCUT2D eigenvalue weighted by Gasteiger charge is -2.36. The highest BCUT2D eigenvalue weighted by Crippen LogP contribution is 2.40. The number of carboxylic acids is 1. The van der Waals surface area contributed by atoms with Crippen molar-refractivity contribution < 1.29 is 34.0 Å². The monoisotopic (exact) mass is 669 g/mol. The minimum Gasteiger partial charge on any atom is -0.496 e. The molecule has 3 N–H and O–H groups in total. The number of aliphatic carboxylic acids is 1. The molecule has 1 aliphatic rings. The molecular weight excluding hydrogens is 626 g/mol. The van der Waals surface area contributed by atoms with Crippen molar-refractivity contribution in [3.63, 3.8) is 0 Å². The number of ether oxygens (including phenoxy) is 3. The molecule has 4 aromatic carbocycles. The second-order valence-electron chi connectivity index (χ2n) is 11.9. The number of nitrogens with one attached hydrogen (secondary N) is 1. The SMILES string of the molecule is COc1ccccc1SC[C@@H]1C[C@H](c2ccc(CO)cc2)O[C@H](c2ccc(-c3cccc(CNC(=O)CCCCCC(=O)O)c3)cc2)O1. The highest BCUT2D eigenvalue weighted by Gasteiger charge is 2.32. The van der Waals surface area contributed by atoms with E-state index in [0.29, 0.717) is 32.2 Å². The van der Waals surface area contributed by atoms with Crippen LogP contribution in [-0.2, 0) is 32.2 Å². The number of carbonyl (C=O) groups is 2. The summed E-state index contributed by atoms with van der Waals surface area (Å²) in [5, 5.41) is 21.2. The first kappa shape index (κ1) is 35.2. The van der Waals surface area contributed by atoms with Crippen LogP contribution in [0.4, 0.5) is 0 Å². The molecule has 0 aliphatic carbocycles. The molecule has 0 bridgehead atoms. The number of aliphatic hydroxyl groups excluding tert-OH is 1. The first-order chi connectivity index (χ1) is 23.4. The fraction of sp³-hybridized carbons (Fsp3) is 0.333. The average molecular weight is 670 g/mol. The lowest BCUT2D eigenvalue weighted by Crippen LogP contribution is -2.31. The molecule has 8 nitrogen and oxygen atoms in total. The van der Waals surface area contributed by atoms with Crippen molar-refractivity contribution in [2.45, 2.75) is 75.1 Å². The number of unbranched alkanes of at least 4 members (excludes halogenated alkanes) is 2. The van der Waals surface area contributed by atoms with Crippen LogP contribution in [0.5, 0.6) is 5.75 Å². The van der Waals surface area contributed by atoms with Gasteiger partial charge in [0.15, 0.2) is 6.29 Å². The standard InChI is InChI=1S/C39H43NO7S/c1-45-34-10-5-6-11-36(34)48-26-33-23-35(30-16-14-27(25-41)15-17-30)47-39(46-33)31-20-18-29(19-21-31)32-9-7-8-28(22-32)24-40-37(42)12-3-2-4-13-38(43)44/h5-11,14-22,33,35,39,41H,2-4,12-13,23-26H2,1H3,(H,40,42)(H,43,44)/t33-,35+,39+/m0/s1. The van der Waals surface area contributed by atoms with E-state index in [1.54, 1.807) is 18.9 Å². The number of carbonyl (C=O) groups excluding carboxylic acids is 1. The van der Waals surface area contributed by atoms with Gasteiger partial charge in [0.1, 0.15) is 5.75 Å². The fourth-order valence-corrected chi connectivity index (χ4v) is 6.71. The van der Waals surface area contributed by atoms with Gasteiger partial charge >= 0.3 is 5.97 Å². The number of benzene rings is 4. The van der Waals surface area contributed by atoms with Crippen LogP contribution in [0.25, 0.3) is 11.1 Å². The first-order valence-corrected chi connectivity index (χ1v) is 17.3. The number of hydrogen-bond donors (Lipinski definition) is 3. The van der Waals surface area contributed by atoms with Crippen LogP contribution < -0.4 is 10.1 Å². The molecule has 1 heterocycles. The third kappa shape index (κ3) is 10.2. The number of para-hydroxylation sites is 1. The van der Waals surface area contributed by atoms with Crippen LogP contribution >= 0.6 is 11.8 Å².